The van der Waals surface area contributed by atoms with Crippen LogP contribution in [0.3, 0.4) is 0 Å². The van der Waals surface area contributed by atoms with Crippen molar-refractivity contribution in [2.24, 2.45) is 0 Å². The summed E-state index contributed by atoms with van der Waals surface area (Å²) in [4.78, 5) is 0. The van der Waals surface area contributed by atoms with Gasteiger partial charge in [-0.15, -0.1) is 0 Å². The molecule has 33 heavy (non-hydrogen) atoms. The van der Waals surface area contributed by atoms with Crippen LogP contribution in [0.15, 0.2) is 91.1 Å². The third-order valence-electron chi connectivity index (χ3n) is 6.16. The van der Waals surface area contributed by atoms with Crippen molar-refractivity contribution >= 4 is 21.8 Å². The fraction of sp³-hybridized carbons (Fsp3) is 0.207. The van der Waals surface area contributed by atoms with Crippen LogP contribution < -0.4 is 26.3 Å². The molecule has 0 saturated heterocycles. The smallest absolute Gasteiger partial charge is 0.203 e. The van der Waals surface area contributed by atoms with Crippen molar-refractivity contribution < 1.29 is 26.3 Å². The molecule has 0 bridgehead atoms. The van der Waals surface area contributed by atoms with Crippen LogP contribution in [-0.2, 0) is 19.7 Å². The molecule has 0 aliphatic carbocycles. The number of aromatic nitrogens is 2. The van der Waals surface area contributed by atoms with Gasteiger partial charge in [0.2, 0.25) is 5.69 Å². The molecule has 0 fully saturated rings. The van der Waals surface area contributed by atoms with E-state index in [9.17, 15) is 0 Å². The van der Waals surface area contributed by atoms with Crippen LogP contribution in [0.4, 0.5) is 0 Å². The second-order valence-corrected chi connectivity index (χ2v) is 8.38. The van der Waals surface area contributed by atoms with Crippen molar-refractivity contribution in [2.75, 3.05) is 0 Å². The minimum atomic E-state index is 0. The number of hydrogen-bond acceptors (Lipinski definition) is 1. The second-order valence-electron chi connectivity index (χ2n) is 8.38. The van der Waals surface area contributed by atoms with E-state index in [0.717, 1.165) is 25.3 Å². The van der Waals surface area contributed by atoms with Crippen molar-refractivity contribution in [3.05, 3.63) is 108 Å². The van der Waals surface area contributed by atoms with Gasteiger partial charge in [0, 0.05) is 41.9 Å². The van der Waals surface area contributed by atoms with Crippen LogP contribution in [0.2, 0.25) is 0 Å². The predicted octanol–water partition coefficient (Wildman–Crippen LogP) is 3.43. The Kier molecular flexibility index (Phi) is 7.14. The highest BCUT2D eigenvalue weighted by atomic mass is 79.9. The number of rotatable bonds is 7. The maximum absolute atomic E-state index is 6.14. The van der Waals surface area contributed by atoms with Gasteiger partial charge in [0.1, 0.15) is 17.9 Å². The largest absolute Gasteiger partial charge is 1.00 e. The molecule has 0 unspecified atom stereocenters. The van der Waals surface area contributed by atoms with Crippen LogP contribution in [0.5, 0.6) is 5.75 Å². The van der Waals surface area contributed by atoms with E-state index in [1.54, 1.807) is 0 Å². The molecule has 0 saturated carbocycles. The summed E-state index contributed by atoms with van der Waals surface area (Å²) in [6, 6.07) is 29.8. The number of fused-ring (bicyclic) bond motifs is 3. The fourth-order valence-electron chi connectivity index (χ4n) is 4.57. The van der Waals surface area contributed by atoms with Crippen LogP contribution >= 0.6 is 0 Å². The van der Waals surface area contributed by atoms with Crippen molar-refractivity contribution in [2.45, 2.75) is 40.0 Å². The quantitative estimate of drug-likeness (QED) is 0.313. The molecule has 0 spiro atoms. The summed E-state index contributed by atoms with van der Waals surface area (Å²) in [5, 5.41) is 2.60. The van der Waals surface area contributed by atoms with Crippen molar-refractivity contribution in [1.29, 1.82) is 0 Å². The van der Waals surface area contributed by atoms with Crippen LogP contribution in [0, 0.1) is 6.92 Å². The van der Waals surface area contributed by atoms with Gasteiger partial charge >= 0.3 is 0 Å². The Bertz CT molecular complexity index is 1360. The summed E-state index contributed by atoms with van der Waals surface area (Å²) in [6.45, 7) is 6.92. The number of ether oxygens (including phenoxy) is 1. The predicted molar refractivity (Wildman–Crippen MR) is 131 cm³/mol. The summed E-state index contributed by atoms with van der Waals surface area (Å²) in [7, 11) is 0. The van der Waals surface area contributed by atoms with Gasteiger partial charge in [0.25, 0.3) is 0 Å². The van der Waals surface area contributed by atoms with E-state index in [-0.39, 0.29) is 17.0 Å². The Balaban J connectivity index is 0.00000259. The lowest BCUT2D eigenvalue weighted by Crippen LogP contribution is -3.00. The number of benzene rings is 3. The maximum Gasteiger partial charge on any atom is 0.203 e. The number of halogens is 1. The molecule has 168 valence electrons. The first-order valence-electron chi connectivity index (χ1n) is 11.4. The molecular weight excluding hydrogens is 472 g/mol. The molecule has 2 heterocycles. The van der Waals surface area contributed by atoms with Crippen molar-refractivity contribution in [1.82, 2.24) is 4.57 Å². The van der Waals surface area contributed by atoms with Crippen molar-refractivity contribution in [3.8, 4) is 5.75 Å². The molecule has 0 atom stereocenters. The highest BCUT2D eigenvalue weighted by Gasteiger charge is 2.19. The van der Waals surface area contributed by atoms with Crippen LogP contribution in [0.1, 0.15) is 30.2 Å². The molecule has 0 aliphatic rings. The molecule has 0 N–H and O–H groups in total. The van der Waals surface area contributed by atoms with Gasteiger partial charge in [0.15, 0.2) is 12.7 Å². The number of aryl methyl sites for hydroxylation is 2. The zero-order valence-corrected chi connectivity index (χ0v) is 20.8. The highest BCUT2D eigenvalue weighted by Crippen LogP contribution is 2.33. The molecule has 5 rings (SSSR count). The first kappa shape index (κ1) is 23.1. The van der Waals surface area contributed by atoms with Crippen LogP contribution in [0.25, 0.3) is 21.8 Å². The number of pyridine rings is 1. The molecule has 2 aromatic heterocycles. The fourth-order valence-corrected chi connectivity index (χ4v) is 4.57. The van der Waals surface area contributed by atoms with Gasteiger partial charge in [-0.1, -0.05) is 67.6 Å². The molecule has 3 nitrogen and oxygen atoms in total. The van der Waals surface area contributed by atoms with E-state index < -0.39 is 0 Å². The van der Waals surface area contributed by atoms with E-state index >= 15 is 0 Å². The Hall–Kier alpha value is -3.11. The minimum absolute atomic E-state index is 0. The van der Waals surface area contributed by atoms with Gasteiger partial charge in [-0.2, -0.15) is 4.57 Å². The van der Waals surface area contributed by atoms with Gasteiger partial charge in [-0.3, -0.25) is 0 Å². The standard InChI is InChI=1S/C29H29N2O.BrH/c1-3-17-31-28-19-25(32-21-24-12-8-5-9-13-24)14-15-26(28)27-16-18-30(22(2)29(27)31)20-23-10-6-4-7-11-23;/h4-16,18-19H,3,17,20-21H2,1-2H3;1H/q+1;/p-1. The van der Waals surface area contributed by atoms with E-state index in [2.05, 4.69) is 108 Å². The van der Waals surface area contributed by atoms with Gasteiger partial charge in [-0.05, 0) is 24.1 Å². The lowest BCUT2D eigenvalue weighted by atomic mass is 10.1. The molecular formula is C29H29BrN2O. The number of nitrogens with zero attached hydrogens (tertiary/aromatic N) is 2. The Morgan fingerprint density at radius 2 is 1.52 bits per heavy atom. The second kappa shape index (κ2) is 10.2. The number of hydrogen-bond donors (Lipinski definition) is 0. The molecule has 0 aliphatic heterocycles. The molecule has 0 amide bonds. The molecule has 3 aromatic carbocycles. The maximum atomic E-state index is 6.14. The first-order valence-corrected chi connectivity index (χ1v) is 11.4. The third-order valence-corrected chi connectivity index (χ3v) is 6.16. The van der Waals surface area contributed by atoms with Crippen molar-refractivity contribution in [3.63, 3.8) is 0 Å². The van der Waals surface area contributed by atoms with Gasteiger partial charge in [-0.25, -0.2) is 0 Å². The SMILES string of the molecule is CCCn1c2cc(OCc3ccccc3)ccc2c2cc[n+](Cc3ccccc3)c(C)c21.[Br-]. The first-order chi connectivity index (χ1) is 15.7. The zero-order valence-electron chi connectivity index (χ0n) is 19.2. The molecule has 5 aromatic rings. The Morgan fingerprint density at radius 1 is 0.818 bits per heavy atom. The van der Waals surface area contributed by atoms with E-state index in [1.165, 1.54) is 38.6 Å². The van der Waals surface area contributed by atoms with E-state index in [1.807, 2.05) is 6.07 Å². The summed E-state index contributed by atoms with van der Waals surface area (Å²) in [6.07, 6.45) is 3.31. The van der Waals surface area contributed by atoms with E-state index in [0.29, 0.717) is 6.61 Å². The lowest BCUT2D eigenvalue weighted by molar-refractivity contribution is -0.693. The zero-order chi connectivity index (χ0) is 21.9. The summed E-state index contributed by atoms with van der Waals surface area (Å²) >= 11 is 0. The van der Waals surface area contributed by atoms with Gasteiger partial charge in [0.05, 0.1) is 5.52 Å². The normalized spacial score (nSPS) is 11.0. The topological polar surface area (TPSA) is 18.0 Å². The summed E-state index contributed by atoms with van der Waals surface area (Å²) in [5.41, 5.74) is 6.35. The third kappa shape index (κ3) is 4.67. The Labute approximate surface area is 206 Å². The average molecular weight is 501 g/mol. The van der Waals surface area contributed by atoms with E-state index in [4.69, 9.17) is 4.74 Å². The van der Waals surface area contributed by atoms with Crippen LogP contribution in [-0.4, -0.2) is 4.57 Å². The lowest BCUT2D eigenvalue weighted by Gasteiger charge is -2.09. The minimum Gasteiger partial charge on any atom is -1.00 e. The highest BCUT2D eigenvalue weighted by molar-refractivity contribution is 6.08. The Morgan fingerprint density at radius 3 is 2.21 bits per heavy atom. The monoisotopic (exact) mass is 500 g/mol. The average Bonchev–Trinajstić information content (AvgIpc) is 3.15. The van der Waals surface area contributed by atoms with Gasteiger partial charge < -0.3 is 26.3 Å². The summed E-state index contributed by atoms with van der Waals surface area (Å²) in [5.74, 6) is 0.913. The molecule has 0 radical (unpaired) electrons. The summed E-state index contributed by atoms with van der Waals surface area (Å²) < 4.78 is 11.0. The molecule has 4 heteroatoms.